The lowest BCUT2D eigenvalue weighted by atomic mass is 9.79. The first kappa shape index (κ1) is 15.0. The molecule has 0 unspecified atom stereocenters. The fourth-order valence-electron chi connectivity index (χ4n) is 1.58. The molecule has 0 spiro atoms. The monoisotopic (exact) mass is 251 g/mol. The molecule has 3 nitrogen and oxygen atoms in total. The van der Waals surface area contributed by atoms with Crippen LogP contribution in [-0.2, 0) is 9.53 Å². The standard InChI is InChI=1S/C15H25NO2/c1-11(2)12(16)13(17)18-15(7-6-8-15)10-9-14(3,4)5/h11-12H,6-8,16H2,1-5H3/t12-/m0/s1. The van der Waals surface area contributed by atoms with Gasteiger partial charge >= 0.3 is 5.97 Å². The molecule has 0 heterocycles. The number of hydrogen-bond donors (Lipinski definition) is 1. The minimum absolute atomic E-state index is 0.0742. The topological polar surface area (TPSA) is 52.3 Å². The molecule has 0 amide bonds. The van der Waals surface area contributed by atoms with E-state index in [1.165, 1.54) is 0 Å². The van der Waals surface area contributed by atoms with Gasteiger partial charge in [0, 0.05) is 5.41 Å². The third-order valence-corrected chi connectivity index (χ3v) is 3.11. The molecule has 1 fully saturated rings. The van der Waals surface area contributed by atoms with Gasteiger partial charge in [0.2, 0.25) is 0 Å². The Morgan fingerprint density at radius 1 is 1.33 bits per heavy atom. The molecule has 1 aliphatic rings. The molecule has 102 valence electrons. The second-order valence-electron chi connectivity index (χ2n) is 6.54. The van der Waals surface area contributed by atoms with Crippen LogP contribution in [0.25, 0.3) is 0 Å². The highest BCUT2D eigenvalue weighted by Crippen LogP contribution is 2.36. The van der Waals surface area contributed by atoms with Crippen LogP contribution in [0.4, 0.5) is 0 Å². The number of esters is 1. The van der Waals surface area contributed by atoms with Crippen molar-refractivity contribution in [1.82, 2.24) is 0 Å². The Balaban J connectivity index is 2.72. The first-order chi connectivity index (χ1) is 8.15. The van der Waals surface area contributed by atoms with Crippen LogP contribution in [0, 0.1) is 23.2 Å². The first-order valence-electron chi connectivity index (χ1n) is 6.68. The summed E-state index contributed by atoms with van der Waals surface area (Å²) in [5.41, 5.74) is 5.16. The zero-order chi connectivity index (χ0) is 14.0. The Labute approximate surface area is 110 Å². The van der Waals surface area contributed by atoms with E-state index in [-0.39, 0.29) is 17.3 Å². The summed E-state index contributed by atoms with van der Waals surface area (Å²) >= 11 is 0. The predicted molar refractivity (Wildman–Crippen MR) is 72.7 cm³/mol. The van der Waals surface area contributed by atoms with Gasteiger partial charge < -0.3 is 10.5 Å². The van der Waals surface area contributed by atoms with Crippen LogP contribution < -0.4 is 5.73 Å². The molecule has 0 aromatic heterocycles. The van der Waals surface area contributed by atoms with Crippen molar-refractivity contribution >= 4 is 5.97 Å². The number of carbonyl (C=O) groups excluding carboxylic acids is 1. The molecule has 0 radical (unpaired) electrons. The minimum atomic E-state index is -0.573. The van der Waals surface area contributed by atoms with Crippen LogP contribution in [0.2, 0.25) is 0 Å². The van der Waals surface area contributed by atoms with Gasteiger partial charge in [0.1, 0.15) is 6.04 Å². The maximum absolute atomic E-state index is 11.9. The summed E-state index contributed by atoms with van der Waals surface area (Å²) in [6.45, 7) is 9.98. The second-order valence-corrected chi connectivity index (χ2v) is 6.54. The van der Waals surface area contributed by atoms with Gasteiger partial charge in [-0.2, -0.15) is 0 Å². The largest absolute Gasteiger partial charge is 0.445 e. The van der Waals surface area contributed by atoms with E-state index in [0.717, 1.165) is 19.3 Å². The normalized spacial score (nSPS) is 19.5. The third kappa shape index (κ3) is 4.03. The zero-order valence-electron chi connectivity index (χ0n) is 12.2. The maximum Gasteiger partial charge on any atom is 0.324 e. The van der Waals surface area contributed by atoms with Gasteiger partial charge in [-0.05, 0) is 46.0 Å². The Kier molecular flexibility index (Phi) is 4.45. The molecule has 3 heteroatoms. The second kappa shape index (κ2) is 5.32. The molecule has 18 heavy (non-hydrogen) atoms. The summed E-state index contributed by atoms with van der Waals surface area (Å²) in [6, 6.07) is -0.557. The van der Waals surface area contributed by atoms with Gasteiger partial charge in [-0.3, -0.25) is 4.79 Å². The van der Waals surface area contributed by atoms with E-state index in [1.807, 2.05) is 34.6 Å². The van der Waals surface area contributed by atoms with Crippen LogP contribution in [0.5, 0.6) is 0 Å². The van der Waals surface area contributed by atoms with Crippen molar-refractivity contribution in [3.05, 3.63) is 0 Å². The Morgan fingerprint density at radius 3 is 2.22 bits per heavy atom. The molecule has 1 rings (SSSR count). The average Bonchev–Trinajstić information content (AvgIpc) is 2.18. The summed E-state index contributed by atoms with van der Waals surface area (Å²) < 4.78 is 5.55. The molecular formula is C15H25NO2. The quantitative estimate of drug-likeness (QED) is 0.619. The summed E-state index contributed by atoms with van der Waals surface area (Å²) in [6.07, 6.45) is 2.71. The lowest BCUT2D eigenvalue weighted by Crippen LogP contribution is -2.47. The minimum Gasteiger partial charge on any atom is -0.445 e. The molecule has 0 aromatic rings. The Bertz CT molecular complexity index is 364. The zero-order valence-corrected chi connectivity index (χ0v) is 12.2. The Morgan fingerprint density at radius 2 is 1.89 bits per heavy atom. The highest BCUT2D eigenvalue weighted by molar-refractivity contribution is 5.76. The van der Waals surface area contributed by atoms with Crippen molar-refractivity contribution < 1.29 is 9.53 Å². The molecule has 0 aliphatic heterocycles. The summed E-state index contributed by atoms with van der Waals surface area (Å²) in [5, 5.41) is 0. The number of carbonyl (C=O) groups is 1. The number of nitrogens with two attached hydrogens (primary N) is 1. The van der Waals surface area contributed by atoms with Crippen LogP contribution in [0.3, 0.4) is 0 Å². The fraction of sp³-hybridized carbons (Fsp3) is 0.800. The van der Waals surface area contributed by atoms with Crippen molar-refractivity contribution in [3.63, 3.8) is 0 Å². The first-order valence-corrected chi connectivity index (χ1v) is 6.68. The van der Waals surface area contributed by atoms with Gasteiger partial charge in [-0.25, -0.2) is 0 Å². The smallest absolute Gasteiger partial charge is 0.324 e. The summed E-state index contributed by atoms with van der Waals surface area (Å²) in [7, 11) is 0. The van der Waals surface area contributed by atoms with E-state index in [2.05, 4.69) is 11.8 Å². The Hall–Kier alpha value is -1.01. The molecule has 0 saturated heterocycles. The number of ether oxygens (including phenoxy) is 1. The van der Waals surface area contributed by atoms with Crippen molar-refractivity contribution in [3.8, 4) is 11.8 Å². The molecule has 0 aromatic carbocycles. The highest BCUT2D eigenvalue weighted by atomic mass is 16.6. The average molecular weight is 251 g/mol. The van der Waals surface area contributed by atoms with E-state index in [0.29, 0.717) is 0 Å². The third-order valence-electron chi connectivity index (χ3n) is 3.11. The van der Waals surface area contributed by atoms with Crippen molar-refractivity contribution in [2.45, 2.75) is 65.5 Å². The van der Waals surface area contributed by atoms with Crippen LogP contribution in [0.15, 0.2) is 0 Å². The number of rotatable bonds is 3. The van der Waals surface area contributed by atoms with Gasteiger partial charge in [0.15, 0.2) is 5.60 Å². The van der Waals surface area contributed by atoms with E-state index in [4.69, 9.17) is 10.5 Å². The SMILES string of the molecule is CC(C)[C@H](N)C(=O)OC1(C#CC(C)(C)C)CCC1. The fourth-order valence-corrected chi connectivity index (χ4v) is 1.58. The molecule has 2 N–H and O–H groups in total. The summed E-state index contributed by atoms with van der Waals surface area (Å²) in [4.78, 5) is 11.9. The van der Waals surface area contributed by atoms with Crippen molar-refractivity contribution in [2.75, 3.05) is 0 Å². The van der Waals surface area contributed by atoms with Gasteiger partial charge in [0.25, 0.3) is 0 Å². The highest BCUT2D eigenvalue weighted by Gasteiger charge is 2.40. The molecular weight excluding hydrogens is 226 g/mol. The molecule has 1 atom stereocenters. The van der Waals surface area contributed by atoms with E-state index >= 15 is 0 Å². The van der Waals surface area contributed by atoms with Gasteiger partial charge in [0.05, 0.1) is 0 Å². The number of hydrogen-bond acceptors (Lipinski definition) is 3. The van der Waals surface area contributed by atoms with Crippen LogP contribution in [0.1, 0.15) is 53.9 Å². The van der Waals surface area contributed by atoms with E-state index < -0.39 is 11.6 Å². The van der Waals surface area contributed by atoms with E-state index in [9.17, 15) is 4.79 Å². The molecule has 1 saturated carbocycles. The maximum atomic E-state index is 11.9. The molecule has 0 bridgehead atoms. The van der Waals surface area contributed by atoms with Gasteiger partial charge in [-0.15, -0.1) is 0 Å². The van der Waals surface area contributed by atoms with Crippen LogP contribution >= 0.6 is 0 Å². The lowest BCUT2D eigenvalue weighted by Gasteiger charge is -2.37. The van der Waals surface area contributed by atoms with E-state index in [1.54, 1.807) is 0 Å². The summed E-state index contributed by atoms with van der Waals surface area (Å²) in [5.74, 6) is 6.08. The predicted octanol–water partition coefficient (Wildman–Crippen LogP) is 2.49. The molecule has 1 aliphatic carbocycles. The lowest BCUT2D eigenvalue weighted by molar-refractivity contribution is -0.163. The van der Waals surface area contributed by atoms with Crippen LogP contribution in [-0.4, -0.2) is 17.6 Å². The van der Waals surface area contributed by atoms with Crippen molar-refractivity contribution in [1.29, 1.82) is 0 Å². The van der Waals surface area contributed by atoms with Crippen molar-refractivity contribution in [2.24, 2.45) is 17.1 Å². The van der Waals surface area contributed by atoms with Gasteiger partial charge in [-0.1, -0.05) is 25.7 Å².